The molecule has 0 saturated carbocycles. The van der Waals surface area contributed by atoms with Gasteiger partial charge in [-0.2, -0.15) is 5.06 Å². The lowest BCUT2D eigenvalue weighted by Gasteiger charge is -2.28. The van der Waals surface area contributed by atoms with Crippen LogP contribution in [0.5, 0.6) is 5.75 Å². The highest BCUT2D eigenvalue weighted by Crippen LogP contribution is 2.32. The van der Waals surface area contributed by atoms with Gasteiger partial charge >= 0.3 is 12.0 Å². The Balaban J connectivity index is 1.48. The number of urea groups is 1. The molecule has 2 aromatic rings. The maximum atomic E-state index is 12.8. The summed E-state index contributed by atoms with van der Waals surface area (Å²) in [6.45, 7) is 3.09. The van der Waals surface area contributed by atoms with Gasteiger partial charge in [-0.25, -0.2) is 9.59 Å². The van der Waals surface area contributed by atoms with Crippen molar-refractivity contribution in [3.05, 3.63) is 36.5 Å². The number of esters is 1. The number of hydrogen-bond acceptors (Lipinski definition) is 5. The van der Waals surface area contributed by atoms with E-state index >= 15 is 0 Å². The summed E-state index contributed by atoms with van der Waals surface area (Å²) in [5, 5.41) is 2.35. The summed E-state index contributed by atoms with van der Waals surface area (Å²) in [6.07, 6.45) is 4.86. The maximum absolute atomic E-state index is 12.8. The largest absolute Gasteiger partial charge is 0.423 e. The molecule has 1 aromatic carbocycles. The van der Waals surface area contributed by atoms with E-state index in [9.17, 15) is 9.59 Å². The Labute approximate surface area is 157 Å². The summed E-state index contributed by atoms with van der Waals surface area (Å²) in [7, 11) is 0. The average Bonchev–Trinajstić information content (AvgIpc) is 2.93. The van der Waals surface area contributed by atoms with Crippen LogP contribution in [0.1, 0.15) is 32.6 Å². The van der Waals surface area contributed by atoms with Crippen LogP contribution in [0.25, 0.3) is 10.9 Å². The van der Waals surface area contributed by atoms with Crippen molar-refractivity contribution < 1.29 is 19.2 Å². The molecule has 27 heavy (non-hydrogen) atoms. The molecule has 2 fully saturated rings. The fourth-order valence-electron chi connectivity index (χ4n) is 3.69. The molecule has 2 bridgehead atoms. The molecule has 142 valence electrons. The van der Waals surface area contributed by atoms with Crippen LogP contribution >= 0.6 is 0 Å². The number of nitrogens with zero attached hydrogens (tertiary/aromatic N) is 3. The zero-order valence-electron chi connectivity index (χ0n) is 15.3. The third-order valence-corrected chi connectivity index (χ3v) is 5.13. The van der Waals surface area contributed by atoms with E-state index in [2.05, 4.69) is 11.9 Å². The maximum Gasteiger partial charge on any atom is 0.345 e. The molecule has 2 aliphatic rings. The first-order valence-corrected chi connectivity index (χ1v) is 9.47. The van der Waals surface area contributed by atoms with Gasteiger partial charge in [-0.1, -0.05) is 31.5 Å². The molecule has 2 aliphatic heterocycles. The van der Waals surface area contributed by atoms with Gasteiger partial charge in [-0.3, -0.25) is 9.82 Å². The fraction of sp³-hybridized carbons (Fsp3) is 0.450. The van der Waals surface area contributed by atoms with Crippen molar-refractivity contribution in [1.29, 1.82) is 0 Å². The molecule has 1 aromatic heterocycles. The summed E-state index contributed by atoms with van der Waals surface area (Å²) in [5.41, 5.74) is 0.638. The molecule has 3 heterocycles. The summed E-state index contributed by atoms with van der Waals surface area (Å²) < 4.78 is 5.65. The Kier molecular flexibility index (Phi) is 4.94. The number of carbonyl (C=O) groups is 2. The van der Waals surface area contributed by atoms with Crippen molar-refractivity contribution in [2.45, 2.75) is 44.7 Å². The number of carbonyl (C=O) groups excluding carboxylic acids is 2. The van der Waals surface area contributed by atoms with Gasteiger partial charge in [-0.05, 0) is 31.4 Å². The number of pyridine rings is 1. The van der Waals surface area contributed by atoms with Crippen LogP contribution in [0.2, 0.25) is 0 Å². The molecule has 7 heteroatoms. The molecular weight excluding hydrogens is 346 g/mol. The number of piperidine rings is 1. The number of aromatic nitrogens is 1. The van der Waals surface area contributed by atoms with Gasteiger partial charge < -0.3 is 9.64 Å². The molecule has 7 nitrogen and oxygen atoms in total. The minimum atomic E-state index is -0.590. The smallest absolute Gasteiger partial charge is 0.345 e. The molecule has 0 radical (unpaired) electrons. The number of hydrogen-bond donors (Lipinski definition) is 0. The third-order valence-electron chi connectivity index (χ3n) is 5.13. The first-order valence-electron chi connectivity index (χ1n) is 9.47. The van der Waals surface area contributed by atoms with E-state index in [0.29, 0.717) is 30.8 Å². The number of ether oxygens (including phenoxy) is 1. The van der Waals surface area contributed by atoms with E-state index in [0.717, 1.165) is 24.6 Å². The molecule has 0 aliphatic carbocycles. The Morgan fingerprint density at radius 3 is 2.96 bits per heavy atom. The molecule has 2 atom stereocenters. The van der Waals surface area contributed by atoms with Crippen LogP contribution in [0.4, 0.5) is 4.79 Å². The predicted octanol–water partition coefficient (Wildman–Crippen LogP) is 3.14. The van der Waals surface area contributed by atoms with Crippen molar-refractivity contribution in [2.75, 3.05) is 13.2 Å². The molecule has 0 spiro atoms. The monoisotopic (exact) mass is 369 g/mol. The zero-order valence-corrected chi connectivity index (χ0v) is 15.3. The number of unbranched alkanes of at least 4 members (excludes halogenated alkanes) is 1. The Bertz CT molecular complexity index is 851. The van der Waals surface area contributed by atoms with E-state index in [1.165, 1.54) is 5.06 Å². The fourth-order valence-corrected chi connectivity index (χ4v) is 3.69. The number of rotatable bonds is 6. The molecule has 2 saturated heterocycles. The van der Waals surface area contributed by atoms with E-state index in [1.807, 2.05) is 24.3 Å². The van der Waals surface area contributed by atoms with Gasteiger partial charge in [-0.15, -0.1) is 0 Å². The minimum Gasteiger partial charge on any atom is -0.423 e. The Morgan fingerprint density at radius 1 is 1.26 bits per heavy atom. The number of benzene rings is 1. The first-order chi connectivity index (χ1) is 13.2. The number of fused-ring (bicyclic) bond motifs is 3. The lowest BCUT2D eigenvalue weighted by Crippen LogP contribution is -2.46. The van der Waals surface area contributed by atoms with Crippen LogP contribution in [-0.2, 0) is 9.63 Å². The van der Waals surface area contributed by atoms with Crippen LogP contribution in [0.3, 0.4) is 0 Å². The lowest BCUT2D eigenvalue weighted by molar-refractivity contribution is -0.140. The summed E-state index contributed by atoms with van der Waals surface area (Å²) in [4.78, 5) is 37.0. The van der Waals surface area contributed by atoms with E-state index in [1.54, 1.807) is 17.2 Å². The predicted molar refractivity (Wildman–Crippen MR) is 99.0 cm³/mol. The summed E-state index contributed by atoms with van der Waals surface area (Å²) in [5.74, 6) is -0.00159. The van der Waals surface area contributed by atoms with Gasteiger partial charge in [0.05, 0.1) is 12.6 Å². The van der Waals surface area contributed by atoms with Gasteiger partial charge in [0.15, 0.2) is 5.75 Å². The van der Waals surface area contributed by atoms with Crippen molar-refractivity contribution in [1.82, 2.24) is 14.9 Å². The second kappa shape index (κ2) is 7.52. The normalized spacial score (nSPS) is 21.7. The third kappa shape index (κ3) is 3.35. The summed E-state index contributed by atoms with van der Waals surface area (Å²) >= 11 is 0. The van der Waals surface area contributed by atoms with Crippen LogP contribution in [0, 0.1) is 0 Å². The first kappa shape index (κ1) is 17.7. The van der Waals surface area contributed by atoms with Crippen LogP contribution in [-0.4, -0.2) is 52.2 Å². The lowest BCUT2D eigenvalue weighted by atomic mass is 10.0. The second-order valence-corrected chi connectivity index (χ2v) is 6.95. The van der Waals surface area contributed by atoms with Crippen LogP contribution < -0.4 is 4.74 Å². The minimum absolute atomic E-state index is 0.0117. The van der Waals surface area contributed by atoms with E-state index in [-0.39, 0.29) is 12.1 Å². The molecule has 0 unspecified atom stereocenters. The molecule has 2 amide bonds. The zero-order chi connectivity index (χ0) is 18.8. The second-order valence-electron chi connectivity index (χ2n) is 6.95. The molecule has 4 rings (SSSR count). The highest BCUT2D eigenvalue weighted by atomic mass is 16.7. The topological polar surface area (TPSA) is 72.0 Å². The standard InChI is InChI=1S/C20H23N3O4/c1-2-3-12-26-23-15-9-10-16(22(13-15)20(23)25)19(24)27-17-8-4-6-14-7-5-11-21-18(14)17/h4-8,11,15-16H,2-3,9-10,12-13H2,1H3/t15-,16-/m0/s1. The van der Waals surface area contributed by atoms with Gasteiger partial charge in [0.2, 0.25) is 0 Å². The highest BCUT2D eigenvalue weighted by molar-refractivity contribution is 5.90. The van der Waals surface area contributed by atoms with E-state index < -0.39 is 12.0 Å². The van der Waals surface area contributed by atoms with Crippen molar-refractivity contribution in [2.24, 2.45) is 0 Å². The molecule has 0 N–H and O–H groups in total. The summed E-state index contributed by atoms with van der Waals surface area (Å²) in [6, 6.07) is 8.40. The SMILES string of the molecule is CCCCON1C(=O)N2C[C@@H]1CC[C@H]2C(=O)Oc1cccc2cccnc12. The number of hydroxylamine groups is 2. The van der Waals surface area contributed by atoms with Gasteiger partial charge in [0.1, 0.15) is 11.6 Å². The number of amides is 2. The van der Waals surface area contributed by atoms with E-state index in [4.69, 9.17) is 9.57 Å². The Morgan fingerprint density at radius 2 is 2.11 bits per heavy atom. The van der Waals surface area contributed by atoms with Crippen molar-refractivity contribution >= 4 is 22.9 Å². The highest BCUT2D eigenvalue weighted by Gasteiger charge is 2.48. The van der Waals surface area contributed by atoms with Gasteiger partial charge in [0, 0.05) is 18.1 Å². The molecular formula is C20H23N3O4. The number of para-hydroxylation sites is 1. The van der Waals surface area contributed by atoms with Crippen LogP contribution in [0.15, 0.2) is 36.5 Å². The van der Waals surface area contributed by atoms with Crippen molar-refractivity contribution in [3.63, 3.8) is 0 Å². The average molecular weight is 369 g/mol. The quantitative estimate of drug-likeness (QED) is 0.444. The Hall–Kier alpha value is -2.67. The van der Waals surface area contributed by atoms with Crippen molar-refractivity contribution in [3.8, 4) is 5.75 Å². The van der Waals surface area contributed by atoms with Gasteiger partial charge in [0.25, 0.3) is 0 Å².